The van der Waals surface area contributed by atoms with Gasteiger partial charge in [-0.25, -0.2) is 4.79 Å². The van der Waals surface area contributed by atoms with Gasteiger partial charge in [0.1, 0.15) is 11.1 Å². The lowest BCUT2D eigenvalue weighted by atomic mass is 9.76. The number of nitrogens with one attached hydrogen (secondary N) is 1. The van der Waals surface area contributed by atoms with E-state index in [-0.39, 0.29) is 5.56 Å². The van der Waals surface area contributed by atoms with E-state index < -0.39 is 23.0 Å². The van der Waals surface area contributed by atoms with Crippen LogP contribution in [0.1, 0.15) is 29.6 Å². The zero-order chi connectivity index (χ0) is 13.3. The van der Waals surface area contributed by atoms with Crippen molar-refractivity contribution in [2.75, 3.05) is 0 Å². The fourth-order valence-electron chi connectivity index (χ4n) is 1.98. The van der Waals surface area contributed by atoms with Crippen molar-refractivity contribution in [3.05, 3.63) is 34.2 Å². The Morgan fingerprint density at radius 2 is 2.11 bits per heavy atom. The van der Waals surface area contributed by atoms with Crippen LogP contribution in [-0.4, -0.2) is 27.1 Å². The monoisotopic (exact) mass is 250 g/mol. The Kier molecular flexibility index (Phi) is 2.94. The van der Waals surface area contributed by atoms with E-state index in [1.54, 1.807) is 6.07 Å². The molecule has 1 aromatic rings. The molecule has 0 aromatic carbocycles. The van der Waals surface area contributed by atoms with Gasteiger partial charge in [-0.1, -0.05) is 0 Å². The Hall–Kier alpha value is -2.11. The second-order valence-electron chi connectivity index (χ2n) is 4.53. The largest absolute Gasteiger partial charge is 0.480 e. The summed E-state index contributed by atoms with van der Waals surface area (Å²) >= 11 is 0. The quantitative estimate of drug-likeness (QED) is 0.797. The molecule has 2 rings (SSSR count). The highest BCUT2D eigenvalue weighted by molar-refractivity contribution is 5.97. The highest BCUT2D eigenvalue weighted by atomic mass is 16.4. The van der Waals surface area contributed by atoms with Crippen molar-refractivity contribution in [2.45, 2.75) is 24.8 Å². The van der Waals surface area contributed by atoms with Gasteiger partial charge >= 0.3 is 5.97 Å². The molecule has 18 heavy (non-hydrogen) atoms. The maximum absolute atomic E-state index is 11.9. The van der Waals surface area contributed by atoms with Crippen LogP contribution < -0.4 is 10.9 Å². The third-order valence-corrected chi connectivity index (χ3v) is 3.34. The lowest BCUT2D eigenvalue weighted by molar-refractivity contribution is -0.148. The molecule has 2 N–H and O–H groups in total. The van der Waals surface area contributed by atoms with Crippen LogP contribution in [0.3, 0.4) is 0 Å². The number of nitrogens with zero attached hydrogens (tertiary/aromatic N) is 1. The van der Waals surface area contributed by atoms with E-state index >= 15 is 0 Å². The molecule has 1 amide bonds. The van der Waals surface area contributed by atoms with Crippen molar-refractivity contribution in [3.8, 4) is 0 Å². The molecule has 0 atom stereocenters. The molecule has 1 heterocycles. The molecular formula is C12H14N2O4. The summed E-state index contributed by atoms with van der Waals surface area (Å²) in [7, 11) is 1.54. The van der Waals surface area contributed by atoms with E-state index in [2.05, 4.69) is 5.32 Å². The summed E-state index contributed by atoms with van der Waals surface area (Å²) in [6.45, 7) is 0. The number of aryl methyl sites for hydroxylation is 1. The van der Waals surface area contributed by atoms with Gasteiger partial charge in [-0.2, -0.15) is 0 Å². The van der Waals surface area contributed by atoms with Gasteiger partial charge in [-0.3, -0.25) is 9.59 Å². The van der Waals surface area contributed by atoms with Crippen molar-refractivity contribution in [1.82, 2.24) is 9.88 Å². The molecule has 0 aliphatic heterocycles. The molecule has 1 saturated carbocycles. The average Bonchev–Trinajstić information content (AvgIpc) is 2.26. The number of pyridine rings is 1. The molecule has 0 saturated heterocycles. The molecule has 0 unspecified atom stereocenters. The highest BCUT2D eigenvalue weighted by Gasteiger charge is 2.46. The molecule has 1 fully saturated rings. The molecule has 1 aliphatic rings. The van der Waals surface area contributed by atoms with E-state index in [0.717, 1.165) is 6.42 Å². The number of carbonyl (C=O) groups excluding carboxylic acids is 1. The highest BCUT2D eigenvalue weighted by Crippen LogP contribution is 2.32. The van der Waals surface area contributed by atoms with Gasteiger partial charge in [0.2, 0.25) is 0 Å². The zero-order valence-electron chi connectivity index (χ0n) is 9.97. The topological polar surface area (TPSA) is 88.4 Å². The number of aromatic nitrogens is 1. The summed E-state index contributed by atoms with van der Waals surface area (Å²) in [6.07, 6.45) is 3.11. The fraction of sp³-hybridized carbons (Fsp3) is 0.417. The van der Waals surface area contributed by atoms with Crippen LogP contribution in [0.5, 0.6) is 0 Å². The van der Waals surface area contributed by atoms with Crippen LogP contribution in [0.2, 0.25) is 0 Å². The molecule has 1 aliphatic carbocycles. The van der Waals surface area contributed by atoms with Gasteiger partial charge in [0.15, 0.2) is 0 Å². The van der Waals surface area contributed by atoms with Crippen LogP contribution in [0.4, 0.5) is 0 Å². The predicted octanol–water partition coefficient (Wildman–Crippen LogP) is 0.122. The predicted molar refractivity (Wildman–Crippen MR) is 63.4 cm³/mol. The van der Waals surface area contributed by atoms with E-state index in [4.69, 9.17) is 5.11 Å². The van der Waals surface area contributed by atoms with Crippen molar-refractivity contribution in [3.63, 3.8) is 0 Å². The number of rotatable bonds is 3. The summed E-state index contributed by atoms with van der Waals surface area (Å²) in [6, 6.07) is 2.97. The molecule has 96 valence electrons. The summed E-state index contributed by atoms with van der Waals surface area (Å²) in [5, 5.41) is 11.6. The Morgan fingerprint density at radius 1 is 1.44 bits per heavy atom. The number of carboxylic acid groups (broad SMARTS) is 1. The lowest BCUT2D eigenvalue weighted by Crippen LogP contribution is -2.59. The summed E-state index contributed by atoms with van der Waals surface area (Å²) in [5.74, 6) is -1.67. The minimum atomic E-state index is -1.20. The van der Waals surface area contributed by atoms with Gasteiger partial charge in [0.25, 0.3) is 11.5 Å². The second kappa shape index (κ2) is 4.29. The Morgan fingerprint density at radius 3 is 2.61 bits per heavy atom. The van der Waals surface area contributed by atoms with Crippen molar-refractivity contribution in [2.24, 2.45) is 7.05 Å². The van der Waals surface area contributed by atoms with Crippen molar-refractivity contribution in [1.29, 1.82) is 0 Å². The maximum Gasteiger partial charge on any atom is 0.329 e. The molecule has 1 aromatic heterocycles. The van der Waals surface area contributed by atoms with Crippen LogP contribution in [0, 0.1) is 0 Å². The van der Waals surface area contributed by atoms with Gasteiger partial charge in [-0.05, 0) is 31.4 Å². The number of hydrogen-bond acceptors (Lipinski definition) is 3. The smallest absolute Gasteiger partial charge is 0.329 e. The number of carboxylic acids is 1. The first-order valence-electron chi connectivity index (χ1n) is 5.68. The minimum Gasteiger partial charge on any atom is -0.480 e. The second-order valence-corrected chi connectivity index (χ2v) is 4.53. The molecule has 6 nitrogen and oxygen atoms in total. The molecule has 0 bridgehead atoms. The first kappa shape index (κ1) is 12.3. The van der Waals surface area contributed by atoms with E-state index in [0.29, 0.717) is 12.8 Å². The zero-order valence-corrected chi connectivity index (χ0v) is 9.97. The maximum atomic E-state index is 11.9. The number of aliphatic carboxylic acids is 1. The van der Waals surface area contributed by atoms with Gasteiger partial charge in [0.05, 0.1) is 0 Å². The third kappa shape index (κ3) is 1.90. The summed E-state index contributed by atoms with van der Waals surface area (Å²) in [5.41, 5.74) is -1.67. The standard InChI is InChI=1S/C12H14N2O4/c1-14-7-2-4-8(10(14)16)9(15)13-12(11(17)18)5-3-6-12/h2,4,7H,3,5-6H2,1H3,(H,13,15)(H,17,18). The fourth-order valence-corrected chi connectivity index (χ4v) is 1.98. The number of carbonyl (C=O) groups is 2. The number of amides is 1. The van der Waals surface area contributed by atoms with Crippen LogP contribution in [-0.2, 0) is 11.8 Å². The minimum absolute atomic E-state index is 0.0347. The van der Waals surface area contributed by atoms with Gasteiger partial charge in [-0.15, -0.1) is 0 Å². The molecule has 6 heteroatoms. The third-order valence-electron chi connectivity index (χ3n) is 3.34. The van der Waals surface area contributed by atoms with Gasteiger partial charge < -0.3 is 15.0 Å². The summed E-state index contributed by atoms with van der Waals surface area (Å²) < 4.78 is 1.28. The first-order valence-corrected chi connectivity index (χ1v) is 5.68. The number of hydrogen-bond donors (Lipinski definition) is 2. The molecular weight excluding hydrogens is 236 g/mol. The Bertz CT molecular complexity index is 557. The first-order chi connectivity index (χ1) is 8.46. The van der Waals surface area contributed by atoms with Crippen LogP contribution >= 0.6 is 0 Å². The molecule has 0 radical (unpaired) electrons. The van der Waals surface area contributed by atoms with Gasteiger partial charge in [0, 0.05) is 13.2 Å². The average molecular weight is 250 g/mol. The van der Waals surface area contributed by atoms with E-state index in [1.807, 2.05) is 0 Å². The normalized spacial score (nSPS) is 16.7. The van der Waals surface area contributed by atoms with Crippen LogP contribution in [0.15, 0.2) is 23.1 Å². The Balaban J connectivity index is 2.25. The summed E-state index contributed by atoms with van der Waals surface area (Å²) in [4.78, 5) is 34.8. The van der Waals surface area contributed by atoms with Crippen molar-refractivity contribution >= 4 is 11.9 Å². The van der Waals surface area contributed by atoms with Crippen molar-refractivity contribution < 1.29 is 14.7 Å². The van der Waals surface area contributed by atoms with E-state index in [1.165, 1.54) is 23.9 Å². The lowest BCUT2D eigenvalue weighted by Gasteiger charge is -2.38. The SMILES string of the molecule is Cn1cccc(C(=O)NC2(C(=O)O)CCC2)c1=O. The Labute approximate surface area is 103 Å². The molecule has 0 spiro atoms. The van der Waals surface area contributed by atoms with Crippen LogP contribution in [0.25, 0.3) is 0 Å². The van der Waals surface area contributed by atoms with E-state index in [9.17, 15) is 14.4 Å².